The number of allylic oxidation sites excluding steroid dienone is 1. The molecule has 1 aliphatic carbocycles. The smallest absolute Gasteiger partial charge is 0.166 e. The SMILES string of the molecule is [CH-]=C[C@@]12C=CCC[C@@H]1Oc1c(OC)cccc12.[Y]. The van der Waals surface area contributed by atoms with Crippen LogP contribution in [0, 0.1) is 6.58 Å². The summed E-state index contributed by atoms with van der Waals surface area (Å²) in [6.07, 6.45) is 8.21. The topological polar surface area (TPSA) is 18.5 Å². The summed E-state index contributed by atoms with van der Waals surface area (Å²) in [5.41, 5.74) is 0.836. The Morgan fingerprint density at radius 3 is 3.06 bits per heavy atom. The largest absolute Gasteiger partial charge is 0.517 e. The van der Waals surface area contributed by atoms with Gasteiger partial charge in [0.25, 0.3) is 0 Å². The van der Waals surface area contributed by atoms with E-state index in [-0.39, 0.29) is 44.2 Å². The Bertz CT molecular complexity index is 495. The third-order valence-corrected chi connectivity index (χ3v) is 3.72. The summed E-state index contributed by atoms with van der Waals surface area (Å²) < 4.78 is 11.4. The molecule has 2 nitrogen and oxygen atoms in total. The van der Waals surface area contributed by atoms with E-state index in [1.54, 1.807) is 13.2 Å². The number of ether oxygens (including phenoxy) is 2. The average Bonchev–Trinajstić information content (AvgIpc) is 2.73. The maximum Gasteiger partial charge on any atom is 0.166 e. The first kappa shape index (κ1) is 13.8. The Hall–Kier alpha value is -0.596. The Labute approximate surface area is 133 Å². The van der Waals surface area contributed by atoms with E-state index in [0.717, 1.165) is 29.9 Å². The van der Waals surface area contributed by atoms with Crippen LogP contribution in [0.5, 0.6) is 11.5 Å². The molecule has 91 valence electrons. The molecule has 0 spiro atoms. The van der Waals surface area contributed by atoms with Crippen molar-refractivity contribution in [2.24, 2.45) is 0 Å². The minimum atomic E-state index is -0.276. The summed E-state index contributed by atoms with van der Waals surface area (Å²) in [5.74, 6) is 1.62. The van der Waals surface area contributed by atoms with Crippen molar-refractivity contribution in [2.45, 2.75) is 24.4 Å². The number of para-hydroxylation sites is 1. The molecule has 0 fully saturated rings. The fraction of sp³-hybridized carbons (Fsp3) is 0.333. The van der Waals surface area contributed by atoms with Gasteiger partial charge in [0, 0.05) is 43.7 Å². The third-order valence-electron chi connectivity index (χ3n) is 3.72. The second-order valence-corrected chi connectivity index (χ2v) is 4.52. The molecule has 1 aromatic carbocycles. The van der Waals surface area contributed by atoms with E-state index >= 15 is 0 Å². The van der Waals surface area contributed by atoms with Crippen LogP contribution in [0.1, 0.15) is 18.4 Å². The van der Waals surface area contributed by atoms with Crippen molar-refractivity contribution in [3.63, 3.8) is 0 Å². The summed E-state index contributed by atoms with van der Waals surface area (Å²) in [7, 11) is 1.66. The molecule has 0 amide bonds. The molecule has 1 heterocycles. The van der Waals surface area contributed by atoms with Gasteiger partial charge < -0.3 is 16.1 Å². The third kappa shape index (κ3) is 1.78. The predicted molar refractivity (Wildman–Crippen MR) is 66.3 cm³/mol. The van der Waals surface area contributed by atoms with Crippen molar-refractivity contribution in [2.75, 3.05) is 7.11 Å². The minimum absolute atomic E-state index is 0. The molecule has 2 aliphatic rings. The number of hydrogen-bond acceptors (Lipinski definition) is 2. The van der Waals surface area contributed by atoms with Crippen molar-refractivity contribution < 1.29 is 42.2 Å². The number of methoxy groups -OCH3 is 1. The number of rotatable bonds is 2. The van der Waals surface area contributed by atoms with Gasteiger partial charge in [-0.25, -0.2) is 0 Å². The summed E-state index contributed by atoms with van der Waals surface area (Å²) in [5, 5.41) is 0. The van der Waals surface area contributed by atoms with Crippen LogP contribution in [0.4, 0.5) is 0 Å². The normalized spacial score (nSPS) is 27.5. The molecule has 2 atom stereocenters. The van der Waals surface area contributed by atoms with Gasteiger partial charge in [-0.1, -0.05) is 24.3 Å². The summed E-state index contributed by atoms with van der Waals surface area (Å²) in [6, 6.07) is 5.97. The van der Waals surface area contributed by atoms with Crippen LogP contribution in [0.25, 0.3) is 0 Å². The van der Waals surface area contributed by atoms with Crippen LogP contribution in [0.15, 0.2) is 36.4 Å². The van der Waals surface area contributed by atoms with Crippen molar-refractivity contribution in [1.82, 2.24) is 0 Å². The molecule has 1 radical (unpaired) electrons. The zero-order valence-electron chi connectivity index (χ0n) is 10.4. The molecule has 0 bridgehead atoms. The van der Waals surface area contributed by atoms with Crippen LogP contribution in [0.2, 0.25) is 0 Å². The van der Waals surface area contributed by atoms with Crippen LogP contribution in [-0.4, -0.2) is 13.2 Å². The number of benzene rings is 1. The predicted octanol–water partition coefficient (Wildman–Crippen LogP) is 3.03. The van der Waals surface area contributed by atoms with Crippen molar-refractivity contribution in [3.05, 3.63) is 48.6 Å². The van der Waals surface area contributed by atoms with Gasteiger partial charge in [0.2, 0.25) is 0 Å². The molecule has 3 heteroatoms. The van der Waals surface area contributed by atoms with Gasteiger partial charge in [-0.2, -0.15) is 0 Å². The standard InChI is InChI=1S/C15H15O2.Y/c1-3-15-10-5-4-9-13(15)17-14-11(15)7-6-8-12(14)16-2;/h1,3,5-8,10,13H,4,9H2,2H3;/q-1;/t13-,15-;/m0./s1. The van der Waals surface area contributed by atoms with Crippen molar-refractivity contribution >= 4 is 0 Å². The first-order valence-electron chi connectivity index (χ1n) is 5.90. The summed E-state index contributed by atoms with van der Waals surface area (Å²) in [6.45, 7) is 5.89. The molecule has 3 rings (SSSR count). The molecule has 18 heavy (non-hydrogen) atoms. The Morgan fingerprint density at radius 1 is 1.50 bits per heavy atom. The fourth-order valence-corrected chi connectivity index (χ4v) is 2.83. The molecule has 0 saturated carbocycles. The molecule has 0 unspecified atom stereocenters. The van der Waals surface area contributed by atoms with E-state index in [1.807, 2.05) is 12.1 Å². The summed E-state index contributed by atoms with van der Waals surface area (Å²) in [4.78, 5) is 0. The maximum absolute atomic E-state index is 6.04. The maximum atomic E-state index is 6.04. The van der Waals surface area contributed by atoms with E-state index in [4.69, 9.17) is 16.1 Å². The second kappa shape index (κ2) is 5.18. The molecule has 0 saturated heterocycles. The van der Waals surface area contributed by atoms with Gasteiger partial charge in [0.05, 0.1) is 7.11 Å². The minimum Gasteiger partial charge on any atom is -0.517 e. The number of fused-ring (bicyclic) bond motifs is 3. The zero-order valence-corrected chi connectivity index (χ0v) is 13.3. The van der Waals surface area contributed by atoms with E-state index in [1.165, 1.54) is 0 Å². The van der Waals surface area contributed by atoms with Gasteiger partial charge in [0.1, 0.15) is 6.10 Å². The van der Waals surface area contributed by atoms with E-state index < -0.39 is 0 Å². The van der Waals surface area contributed by atoms with Crippen LogP contribution >= 0.6 is 0 Å². The van der Waals surface area contributed by atoms with Crippen molar-refractivity contribution in [3.8, 4) is 11.5 Å². The zero-order chi connectivity index (χ0) is 11.9. The molecule has 1 aromatic rings. The van der Waals surface area contributed by atoms with Gasteiger partial charge in [0.15, 0.2) is 11.5 Å². The average molecular weight is 316 g/mol. The second-order valence-electron chi connectivity index (χ2n) is 4.52. The van der Waals surface area contributed by atoms with Crippen LogP contribution < -0.4 is 9.47 Å². The van der Waals surface area contributed by atoms with E-state index in [2.05, 4.69) is 18.2 Å². The van der Waals surface area contributed by atoms with Gasteiger partial charge in [-0.15, -0.1) is 0 Å². The molecule has 1 aliphatic heterocycles. The molecule has 0 N–H and O–H groups in total. The van der Waals surface area contributed by atoms with Crippen LogP contribution in [-0.2, 0) is 38.1 Å². The van der Waals surface area contributed by atoms with E-state index in [9.17, 15) is 0 Å². The molecular weight excluding hydrogens is 301 g/mol. The van der Waals surface area contributed by atoms with E-state index in [0.29, 0.717) is 0 Å². The van der Waals surface area contributed by atoms with Gasteiger partial charge in [-0.05, 0) is 18.9 Å². The monoisotopic (exact) mass is 316 g/mol. The summed E-state index contributed by atoms with van der Waals surface area (Å²) >= 11 is 0. The first-order valence-corrected chi connectivity index (χ1v) is 5.90. The fourth-order valence-electron chi connectivity index (χ4n) is 2.83. The number of hydrogen-bond donors (Lipinski definition) is 0. The molecule has 0 aromatic heterocycles. The quantitative estimate of drug-likeness (QED) is 0.617. The van der Waals surface area contributed by atoms with Crippen molar-refractivity contribution in [1.29, 1.82) is 0 Å². The Morgan fingerprint density at radius 2 is 2.33 bits per heavy atom. The Balaban J connectivity index is 0.00000120. The first-order chi connectivity index (χ1) is 8.31. The van der Waals surface area contributed by atoms with Crippen LogP contribution in [0.3, 0.4) is 0 Å². The van der Waals surface area contributed by atoms with Gasteiger partial charge in [-0.3, -0.25) is 6.08 Å². The Kier molecular flexibility index (Phi) is 3.98. The van der Waals surface area contributed by atoms with Gasteiger partial charge >= 0.3 is 0 Å². The molecular formula is C15H15O2Y-.